The molecule has 0 spiro atoms. The number of carbonyl (C=O) groups is 2. The number of amides is 2. The Hall–Kier alpha value is -2.04. The van der Waals surface area contributed by atoms with Crippen LogP contribution in [0.25, 0.3) is 0 Å². The first-order valence-corrected chi connectivity index (χ1v) is 9.39. The summed E-state index contributed by atoms with van der Waals surface area (Å²) in [7, 11) is 3.98. The maximum absolute atomic E-state index is 12.8. The van der Waals surface area contributed by atoms with Crippen molar-refractivity contribution in [2.24, 2.45) is 5.92 Å². The molecule has 136 valence electrons. The van der Waals surface area contributed by atoms with Gasteiger partial charge in [0, 0.05) is 50.9 Å². The second kappa shape index (κ2) is 7.89. The van der Waals surface area contributed by atoms with E-state index in [1.165, 1.54) is 0 Å². The normalized spacial score (nSPS) is 20.2. The average molecular weight is 343 g/mol. The van der Waals surface area contributed by atoms with E-state index in [0.717, 1.165) is 56.4 Å². The van der Waals surface area contributed by atoms with E-state index in [1.54, 1.807) is 0 Å². The molecule has 0 bridgehead atoms. The lowest BCUT2D eigenvalue weighted by atomic mass is 9.92. The molecule has 5 nitrogen and oxygen atoms in total. The van der Waals surface area contributed by atoms with Gasteiger partial charge in [0.15, 0.2) is 0 Å². The molecular formula is C20H29N3O2. The van der Waals surface area contributed by atoms with Crippen LogP contribution in [0.3, 0.4) is 0 Å². The van der Waals surface area contributed by atoms with Crippen molar-refractivity contribution in [2.75, 3.05) is 32.1 Å². The highest BCUT2D eigenvalue weighted by Crippen LogP contribution is 2.24. The SMILES string of the molecule is CN(C)c1ccc(C(=O)N2CCC[C@@H](CCC(=O)NC3CC3)C2)cc1. The number of likely N-dealkylation sites (tertiary alicyclic amines) is 1. The Bertz CT molecular complexity index is 608. The van der Waals surface area contributed by atoms with E-state index in [4.69, 9.17) is 0 Å². The number of carbonyl (C=O) groups excluding carboxylic acids is 2. The molecule has 3 rings (SSSR count). The molecule has 1 aromatic carbocycles. The first kappa shape index (κ1) is 17.8. The molecule has 5 heteroatoms. The van der Waals surface area contributed by atoms with Crippen LogP contribution in [-0.2, 0) is 4.79 Å². The van der Waals surface area contributed by atoms with E-state index in [2.05, 4.69) is 5.32 Å². The molecule has 25 heavy (non-hydrogen) atoms. The standard InChI is InChI=1S/C20H29N3O2/c1-22(2)18-10-6-16(7-11-18)20(25)23-13-3-4-15(14-23)5-12-19(24)21-17-8-9-17/h6-7,10-11,15,17H,3-5,8-9,12-14H2,1-2H3,(H,21,24)/t15-/m0/s1. The van der Waals surface area contributed by atoms with Crippen LogP contribution in [0.1, 0.15) is 48.9 Å². The number of hydrogen-bond donors (Lipinski definition) is 1. The van der Waals surface area contributed by atoms with E-state index in [9.17, 15) is 9.59 Å². The van der Waals surface area contributed by atoms with Crippen LogP contribution in [0.15, 0.2) is 24.3 Å². The minimum atomic E-state index is 0.109. The average Bonchev–Trinajstić information content (AvgIpc) is 3.43. The number of anilines is 1. The van der Waals surface area contributed by atoms with Gasteiger partial charge in [-0.05, 0) is 62.3 Å². The van der Waals surface area contributed by atoms with Crippen molar-refractivity contribution in [1.29, 1.82) is 0 Å². The Morgan fingerprint density at radius 2 is 1.88 bits per heavy atom. The Labute approximate surface area is 150 Å². The number of hydrogen-bond acceptors (Lipinski definition) is 3. The molecule has 1 saturated carbocycles. The van der Waals surface area contributed by atoms with Crippen molar-refractivity contribution in [1.82, 2.24) is 10.2 Å². The molecule has 0 radical (unpaired) electrons. The minimum Gasteiger partial charge on any atom is -0.378 e. The van der Waals surface area contributed by atoms with Crippen LogP contribution < -0.4 is 10.2 Å². The van der Waals surface area contributed by atoms with Crippen LogP contribution in [0.2, 0.25) is 0 Å². The lowest BCUT2D eigenvalue weighted by Gasteiger charge is -2.33. The third-order valence-electron chi connectivity index (χ3n) is 5.16. The molecule has 2 aliphatic rings. The molecule has 1 N–H and O–H groups in total. The summed E-state index contributed by atoms with van der Waals surface area (Å²) in [6.07, 6.45) is 5.85. The number of nitrogens with zero attached hydrogens (tertiary/aromatic N) is 2. The first-order valence-electron chi connectivity index (χ1n) is 9.39. The van der Waals surface area contributed by atoms with Crippen LogP contribution in [-0.4, -0.2) is 49.9 Å². The zero-order valence-corrected chi connectivity index (χ0v) is 15.3. The van der Waals surface area contributed by atoms with Crippen molar-refractivity contribution in [3.05, 3.63) is 29.8 Å². The molecule has 1 aromatic rings. The fourth-order valence-corrected chi connectivity index (χ4v) is 3.43. The molecule has 2 amide bonds. The fourth-order valence-electron chi connectivity index (χ4n) is 3.43. The third-order valence-corrected chi connectivity index (χ3v) is 5.16. The Kier molecular flexibility index (Phi) is 5.61. The predicted molar refractivity (Wildman–Crippen MR) is 99.8 cm³/mol. The number of rotatable bonds is 6. The van der Waals surface area contributed by atoms with Gasteiger partial charge < -0.3 is 15.1 Å². The highest BCUT2D eigenvalue weighted by Gasteiger charge is 2.26. The second-order valence-electron chi connectivity index (χ2n) is 7.58. The second-order valence-corrected chi connectivity index (χ2v) is 7.58. The smallest absolute Gasteiger partial charge is 0.253 e. The van der Waals surface area contributed by atoms with Gasteiger partial charge >= 0.3 is 0 Å². The predicted octanol–water partition coefficient (Wildman–Crippen LogP) is 2.66. The monoisotopic (exact) mass is 343 g/mol. The molecule has 0 unspecified atom stereocenters. The fraction of sp³-hybridized carbons (Fsp3) is 0.600. The highest BCUT2D eigenvalue weighted by atomic mass is 16.2. The minimum absolute atomic E-state index is 0.109. The zero-order chi connectivity index (χ0) is 17.8. The maximum Gasteiger partial charge on any atom is 0.253 e. The zero-order valence-electron chi connectivity index (χ0n) is 15.3. The first-order chi connectivity index (χ1) is 12.0. The summed E-state index contributed by atoms with van der Waals surface area (Å²) < 4.78 is 0. The van der Waals surface area contributed by atoms with Crippen molar-refractivity contribution >= 4 is 17.5 Å². The van der Waals surface area contributed by atoms with Gasteiger partial charge in [-0.25, -0.2) is 0 Å². The van der Waals surface area contributed by atoms with Crippen molar-refractivity contribution < 1.29 is 9.59 Å². The molecule has 1 atom stereocenters. The van der Waals surface area contributed by atoms with E-state index < -0.39 is 0 Å². The topological polar surface area (TPSA) is 52.7 Å². The largest absolute Gasteiger partial charge is 0.378 e. The number of benzene rings is 1. The maximum atomic E-state index is 12.8. The third kappa shape index (κ3) is 4.97. The van der Waals surface area contributed by atoms with Gasteiger partial charge in [-0.2, -0.15) is 0 Å². The summed E-state index contributed by atoms with van der Waals surface area (Å²) in [6, 6.07) is 8.21. The van der Waals surface area contributed by atoms with Crippen molar-refractivity contribution in [2.45, 2.75) is 44.6 Å². The lowest BCUT2D eigenvalue weighted by Crippen LogP contribution is -2.40. The van der Waals surface area contributed by atoms with E-state index in [0.29, 0.717) is 18.4 Å². The number of nitrogens with one attached hydrogen (secondary N) is 1. The quantitative estimate of drug-likeness (QED) is 0.864. The molecular weight excluding hydrogens is 314 g/mol. The van der Waals surface area contributed by atoms with Crippen molar-refractivity contribution in [3.63, 3.8) is 0 Å². The molecule has 0 aromatic heterocycles. The molecule has 1 saturated heterocycles. The van der Waals surface area contributed by atoms with Crippen LogP contribution in [0, 0.1) is 5.92 Å². The van der Waals surface area contributed by atoms with E-state index in [1.807, 2.05) is 48.2 Å². The van der Waals surface area contributed by atoms with Gasteiger partial charge in [0.2, 0.25) is 5.91 Å². The Morgan fingerprint density at radius 3 is 2.52 bits per heavy atom. The van der Waals surface area contributed by atoms with E-state index >= 15 is 0 Å². The molecule has 2 fully saturated rings. The molecule has 1 aliphatic heterocycles. The lowest BCUT2D eigenvalue weighted by molar-refractivity contribution is -0.121. The van der Waals surface area contributed by atoms with Gasteiger partial charge in [0.05, 0.1) is 0 Å². The highest BCUT2D eigenvalue weighted by molar-refractivity contribution is 5.94. The molecule has 1 aliphatic carbocycles. The van der Waals surface area contributed by atoms with Crippen LogP contribution in [0.4, 0.5) is 5.69 Å². The van der Waals surface area contributed by atoms with Crippen LogP contribution in [0.5, 0.6) is 0 Å². The summed E-state index contributed by atoms with van der Waals surface area (Å²) >= 11 is 0. The van der Waals surface area contributed by atoms with Gasteiger partial charge in [0.25, 0.3) is 5.91 Å². The van der Waals surface area contributed by atoms with Gasteiger partial charge in [0.1, 0.15) is 0 Å². The summed E-state index contributed by atoms with van der Waals surface area (Å²) in [4.78, 5) is 28.6. The molecule has 1 heterocycles. The van der Waals surface area contributed by atoms with Crippen LogP contribution >= 0.6 is 0 Å². The van der Waals surface area contributed by atoms with Crippen molar-refractivity contribution in [3.8, 4) is 0 Å². The Balaban J connectivity index is 1.51. The van der Waals surface area contributed by atoms with Gasteiger partial charge in [-0.15, -0.1) is 0 Å². The summed E-state index contributed by atoms with van der Waals surface area (Å²) in [6.45, 7) is 1.59. The summed E-state index contributed by atoms with van der Waals surface area (Å²) in [5.74, 6) is 0.714. The van der Waals surface area contributed by atoms with E-state index in [-0.39, 0.29) is 11.8 Å². The summed E-state index contributed by atoms with van der Waals surface area (Å²) in [5, 5.41) is 3.04. The summed E-state index contributed by atoms with van der Waals surface area (Å²) in [5.41, 5.74) is 1.84. The van der Waals surface area contributed by atoms with Gasteiger partial charge in [-0.1, -0.05) is 0 Å². The Morgan fingerprint density at radius 1 is 1.16 bits per heavy atom. The number of piperidine rings is 1. The van der Waals surface area contributed by atoms with Gasteiger partial charge in [-0.3, -0.25) is 9.59 Å².